The Morgan fingerprint density at radius 3 is 2.43 bits per heavy atom. The summed E-state index contributed by atoms with van der Waals surface area (Å²) >= 11 is 0. The van der Waals surface area contributed by atoms with Crippen molar-refractivity contribution in [1.82, 2.24) is 4.98 Å². The normalized spacial score (nSPS) is 14.5. The Labute approximate surface area is 179 Å². The lowest BCUT2D eigenvalue weighted by atomic mass is 9.90. The summed E-state index contributed by atoms with van der Waals surface area (Å²) in [5.74, 6) is 1.72. The molecule has 4 nitrogen and oxygen atoms in total. The van der Waals surface area contributed by atoms with Gasteiger partial charge in [-0.05, 0) is 60.9 Å². The molecule has 0 radical (unpaired) electrons. The van der Waals surface area contributed by atoms with Crippen molar-refractivity contribution in [1.29, 1.82) is 0 Å². The van der Waals surface area contributed by atoms with E-state index in [0.29, 0.717) is 6.42 Å². The second kappa shape index (κ2) is 9.57. The van der Waals surface area contributed by atoms with Gasteiger partial charge in [-0.1, -0.05) is 54.6 Å². The number of anilines is 2. The fraction of sp³-hybridized carbons (Fsp3) is 0.308. The molecule has 0 atom stereocenters. The number of aryl methyl sites for hydroxylation is 1. The molecule has 0 saturated carbocycles. The molecular formula is C26H29N3O. The number of aromatic nitrogens is 1. The van der Waals surface area contributed by atoms with Crippen LogP contribution in [0.1, 0.15) is 29.5 Å². The van der Waals surface area contributed by atoms with E-state index in [0.717, 1.165) is 48.1 Å². The number of hydrogen-bond acceptors (Lipinski definition) is 3. The van der Waals surface area contributed by atoms with Crippen molar-refractivity contribution in [2.24, 2.45) is 5.92 Å². The number of piperidine rings is 1. The molecule has 1 aliphatic rings. The van der Waals surface area contributed by atoms with Crippen LogP contribution in [0, 0.1) is 12.8 Å². The summed E-state index contributed by atoms with van der Waals surface area (Å²) in [5, 5.41) is 2.96. The van der Waals surface area contributed by atoms with Gasteiger partial charge in [-0.15, -0.1) is 0 Å². The Morgan fingerprint density at radius 2 is 1.73 bits per heavy atom. The number of nitrogens with one attached hydrogen (secondary N) is 1. The minimum Gasteiger partial charge on any atom is -0.357 e. The van der Waals surface area contributed by atoms with Crippen molar-refractivity contribution in [3.63, 3.8) is 0 Å². The maximum atomic E-state index is 12.4. The van der Waals surface area contributed by atoms with Gasteiger partial charge in [0.25, 0.3) is 0 Å². The van der Waals surface area contributed by atoms with Gasteiger partial charge in [0.15, 0.2) is 0 Å². The van der Waals surface area contributed by atoms with Gasteiger partial charge < -0.3 is 10.2 Å². The van der Waals surface area contributed by atoms with Crippen molar-refractivity contribution in [2.75, 3.05) is 23.3 Å². The largest absolute Gasteiger partial charge is 0.357 e. The van der Waals surface area contributed by atoms with E-state index >= 15 is 0 Å². The second-order valence-electron chi connectivity index (χ2n) is 8.18. The number of nitrogens with zero attached hydrogens (tertiary/aromatic N) is 2. The Kier molecular flexibility index (Phi) is 6.43. The molecule has 0 spiro atoms. The van der Waals surface area contributed by atoms with Crippen LogP contribution in [-0.4, -0.2) is 24.0 Å². The standard InChI is InChI=1S/C26H29N3O/c1-20-7-5-6-10-23(20)18-26(30)28-24-11-12-25(27-19-24)29-15-13-22(14-16-29)17-21-8-3-2-4-9-21/h2-12,19,22H,13-18H2,1H3,(H,28,30). The molecule has 2 heterocycles. The highest BCUT2D eigenvalue weighted by Gasteiger charge is 2.20. The quantitative estimate of drug-likeness (QED) is 0.632. The average Bonchev–Trinajstić information content (AvgIpc) is 2.77. The zero-order chi connectivity index (χ0) is 20.8. The van der Waals surface area contributed by atoms with Gasteiger partial charge in [-0.2, -0.15) is 0 Å². The van der Waals surface area contributed by atoms with Crippen LogP contribution in [0.4, 0.5) is 11.5 Å². The van der Waals surface area contributed by atoms with Gasteiger partial charge in [-0.3, -0.25) is 4.79 Å². The highest BCUT2D eigenvalue weighted by molar-refractivity contribution is 5.92. The van der Waals surface area contributed by atoms with E-state index in [2.05, 4.69) is 45.5 Å². The molecule has 1 N–H and O–H groups in total. The SMILES string of the molecule is Cc1ccccc1CC(=O)Nc1ccc(N2CCC(Cc3ccccc3)CC2)nc1. The van der Waals surface area contributed by atoms with Crippen molar-refractivity contribution < 1.29 is 4.79 Å². The van der Waals surface area contributed by atoms with Gasteiger partial charge in [0.2, 0.25) is 5.91 Å². The highest BCUT2D eigenvalue weighted by atomic mass is 16.1. The van der Waals surface area contributed by atoms with Crippen LogP contribution in [-0.2, 0) is 17.6 Å². The fourth-order valence-electron chi connectivity index (χ4n) is 4.15. The monoisotopic (exact) mass is 399 g/mol. The van der Waals surface area contributed by atoms with Crippen molar-refractivity contribution in [2.45, 2.75) is 32.6 Å². The van der Waals surface area contributed by atoms with Gasteiger partial charge in [0.1, 0.15) is 5.82 Å². The summed E-state index contributed by atoms with van der Waals surface area (Å²) in [5.41, 5.74) is 4.37. The lowest BCUT2D eigenvalue weighted by Crippen LogP contribution is -2.34. The Morgan fingerprint density at radius 1 is 1.00 bits per heavy atom. The minimum absolute atomic E-state index is 0.0134. The molecule has 1 aromatic heterocycles. The van der Waals surface area contributed by atoms with Gasteiger partial charge in [0.05, 0.1) is 18.3 Å². The van der Waals surface area contributed by atoms with E-state index in [1.54, 1.807) is 6.20 Å². The molecule has 1 amide bonds. The third-order valence-electron chi connectivity index (χ3n) is 5.95. The Hall–Kier alpha value is -3.14. The maximum absolute atomic E-state index is 12.4. The molecule has 4 heteroatoms. The maximum Gasteiger partial charge on any atom is 0.228 e. The van der Waals surface area contributed by atoms with E-state index in [4.69, 9.17) is 0 Å². The Bertz CT molecular complexity index is 961. The molecule has 0 aliphatic carbocycles. The zero-order valence-electron chi connectivity index (χ0n) is 17.6. The third kappa shape index (κ3) is 5.26. The molecule has 4 rings (SSSR count). The molecule has 3 aromatic rings. The van der Waals surface area contributed by atoms with Crippen LogP contribution in [0.25, 0.3) is 0 Å². The lowest BCUT2D eigenvalue weighted by Gasteiger charge is -2.33. The zero-order valence-corrected chi connectivity index (χ0v) is 17.6. The predicted molar refractivity (Wildman–Crippen MR) is 123 cm³/mol. The molecular weight excluding hydrogens is 370 g/mol. The summed E-state index contributed by atoms with van der Waals surface area (Å²) in [4.78, 5) is 19.3. The first-order chi connectivity index (χ1) is 14.7. The topological polar surface area (TPSA) is 45.2 Å². The summed E-state index contributed by atoms with van der Waals surface area (Å²) in [7, 11) is 0. The van der Waals surface area contributed by atoms with Crippen molar-refractivity contribution in [3.05, 3.63) is 89.6 Å². The number of carbonyl (C=O) groups is 1. The predicted octanol–water partition coefficient (Wildman–Crippen LogP) is 5.03. The number of pyridine rings is 1. The molecule has 30 heavy (non-hydrogen) atoms. The van der Waals surface area contributed by atoms with Crippen LogP contribution in [0.2, 0.25) is 0 Å². The van der Waals surface area contributed by atoms with E-state index in [1.807, 2.05) is 43.3 Å². The highest BCUT2D eigenvalue weighted by Crippen LogP contribution is 2.25. The molecule has 1 saturated heterocycles. The first-order valence-electron chi connectivity index (χ1n) is 10.8. The summed E-state index contributed by atoms with van der Waals surface area (Å²) in [6.45, 7) is 4.09. The van der Waals surface area contributed by atoms with Crippen molar-refractivity contribution >= 4 is 17.4 Å². The van der Waals surface area contributed by atoms with E-state index in [-0.39, 0.29) is 5.91 Å². The van der Waals surface area contributed by atoms with Crippen LogP contribution in [0.3, 0.4) is 0 Å². The fourth-order valence-corrected chi connectivity index (χ4v) is 4.15. The first kappa shape index (κ1) is 20.1. The Balaban J connectivity index is 1.28. The molecule has 1 fully saturated rings. The molecule has 154 valence electrons. The number of benzene rings is 2. The third-order valence-corrected chi connectivity index (χ3v) is 5.95. The van der Waals surface area contributed by atoms with Crippen molar-refractivity contribution in [3.8, 4) is 0 Å². The van der Waals surface area contributed by atoms with Gasteiger partial charge in [0, 0.05) is 13.1 Å². The van der Waals surface area contributed by atoms with Crippen LogP contribution >= 0.6 is 0 Å². The second-order valence-corrected chi connectivity index (χ2v) is 8.18. The van der Waals surface area contributed by atoms with E-state index in [9.17, 15) is 4.79 Å². The molecule has 1 aliphatic heterocycles. The molecule has 2 aromatic carbocycles. The summed E-state index contributed by atoms with van der Waals surface area (Å²) < 4.78 is 0. The smallest absolute Gasteiger partial charge is 0.228 e. The number of hydrogen-bond donors (Lipinski definition) is 1. The van der Waals surface area contributed by atoms with E-state index < -0.39 is 0 Å². The van der Waals surface area contributed by atoms with Gasteiger partial charge in [-0.25, -0.2) is 4.98 Å². The first-order valence-corrected chi connectivity index (χ1v) is 10.8. The lowest BCUT2D eigenvalue weighted by molar-refractivity contribution is -0.115. The molecule has 0 unspecified atom stereocenters. The van der Waals surface area contributed by atoms with E-state index in [1.165, 1.54) is 18.4 Å². The van der Waals surface area contributed by atoms with Crippen LogP contribution < -0.4 is 10.2 Å². The minimum atomic E-state index is -0.0134. The van der Waals surface area contributed by atoms with Crippen LogP contribution in [0.15, 0.2) is 72.9 Å². The average molecular weight is 400 g/mol. The summed E-state index contributed by atoms with van der Waals surface area (Å²) in [6.07, 6.45) is 5.68. The number of carbonyl (C=O) groups excluding carboxylic acids is 1. The number of amides is 1. The molecule has 0 bridgehead atoms. The van der Waals surface area contributed by atoms with Crippen LogP contribution in [0.5, 0.6) is 0 Å². The van der Waals surface area contributed by atoms with Gasteiger partial charge >= 0.3 is 0 Å². The summed E-state index contributed by atoms with van der Waals surface area (Å²) in [6, 6.07) is 22.7. The number of rotatable bonds is 6.